The highest BCUT2D eigenvalue weighted by Gasteiger charge is 2.08. The Hall–Kier alpha value is -2.57. The lowest BCUT2D eigenvalue weighted by Gasteiger charge is -2.14. The van der Waals surface area contributed by atoms with Crippen molar-refractivity contribution in [1.29, 1.82) is 0 Å². The molecule has 0 saturated carbocycles. The normalized spacial score (nSPS) is 11.5. The van der Waals surface area contributed by atoms with E-state index in [9.17, 15) is 4.39 Å². The second-order valence-electron chi connectivity index (χ2n) is 6.70. The maximum Gasteiger partial charge on any atom is 0.123 e. The van der Waals surface area contributed by atoms with Crippen LogP contribution in [0.1, 0.15) is 17.1 Å². The van der Waals surface area contributed by atoms with Crippen molar-refractivity contribution in [2.24, 2.45) is 0 Å². The quantitative estimate of drug-likeness (QED) is 0.496. The summed E-state index contributed by atoms with van der Waals surface area (Å²) in [5, 5.41) is 8.58. The van der Waals surface area contributed by atoms with Crippen molar-refractivity contribution in [2.45, 2.75) is 19.4 Å². The summed E-state index contributed by atoms with van der Waals surface area (Å²) in [5.74, 6) is -0.231. The average Bonchev–Trinajstić information content (AvgIpc) is 3.28. The molecule has 0 atom stereocenters. The fraction of sp³-hybridized carbons (Fsp3) is 0.238. The topological polar surface area (TPSA) is 44.8 Å². The Morgan fingerprint density at radius 2 is 1.93 bits per heavy atom. The highest BCUT2D eigenvalue weighted by atomic mass is 32.1. The van der Waals surface area contributed by atoms with Crippen LogP contribution in [0.25, 0.3) is 21.5 Å². The Balaban J connectivity index is 1.28. The number of rotatable bonds is 7. The van der Waals surface area contributed by atoms with E-state index in [0.717, 1.165) is 53.4 Å². The number of nitrogens with one attached hydrogen (secondary N) is 1. The smallest absolute Gasteiger partial charge is 0.123 e. The number of aromatic amines is 1. The molecular formula is C21H21FN4S. The van der Waals surface area contributed by atoms with Gasteiger partial charge in [0.1, 0.15) is 10.8 Å². The molecule has 2 aromatic carbocycles. The molecule has 0 spiro atoms. The molecular weight excluding hydrogens is 359 g/mol. The maximum absolute atomic E-state index is 13.0. The Morgan fingerprint density at radius 1 is 1.11 bits per heavy atom. The van der Waals surface area contributed by atoms with Gasteiger partial charge in [-0.2, -0.15) is 5.10 Å². The van der Waals surface area contributed by atoms with Crippen LogP contribution in [-0.2, 0) is 13.0 Å². The Bertz CT molecular complexity index is 989. The van der Waals surface area contributed by atoms with Gasteiger partial charge in [0, 0.05) is 11.3 Å². The van der Waals surface area contributed by atoms with E-state index in [4.69, 9.17) is 4.98 Å². The molecule has 4 rings (SSSR count). The monoisotopic (exact) mass is 380 g/mol. The molecule has 0 amide bonds. The van der Waals surface area contributed by atoms with E-state index >= 15 is 0 Å². The minimum atomic E-state index is -0.231. The summed E-state index contributed by atoms with van der Waals surface area (Å²) in [6.07, 6.45) is 1.96. The van der Waals surface area contributed by atoms with E-state index in [2.05, 4.69) is 40.3 Å². The standard InChI is InChI=1S/C21H21FN4S/c1-26(14-21-23-18-6-2-3-7-20(18)27-21)12-4-5-17-13-19(25-24-17)15-8-10-16(22)11-9-15/h2-3,6-11,13H,4-5,12,14H2,1H3,(H,24,25). The molecule has 0 unspecified atom stereocenters. The van der Waals surface area contributed by atoms with Crippen molar-refractivity contribution in [2.75, 3.05) is 13.6 Å². The number of aromatic nitrogens is 3. The maximum atomic E-state index is 13.0. The zero-order chi connectivity index (χ0) is 18.6. The van der Waals surface area contributed by atoms with Crippen LogP contribution in [-0.4, -0.2) is 33.7 Å². The van der Waals surface area contributed by atoms with Gasteiger partial charge in [0.2, 0.25) is 0 Å². The number of halogens is 1. The Labute approximate surface area is 161 Å². The third-order valence-corrected chi connectivity index (χ3v) is 5.52. The van der Waals surface area contributed by atoms with E-state index in [1.807, 2.05) is 12.1 Å². The van der Waals surface area contributed by atoms with Crippen molar-refractivity contribution in [3.63, 3.8) is 0 Å². The van der Waals surface area contributed by atoms with Gasteiger partial charge in [-0.15, -0.1) is 11.3 Å². The summed E-state index contributed by atoms with van der Waals surface area (Å²) in [7, 11) is 2.13. The molecule has 4 aromatic rings. The molecule has 27 heavy (non-hydrogen) atoms. The summed E-state index contributed by atoms with van der Waals surface area (Å²) in [6, 6.07) is 16.7. The first kappa shape index (κ1) is 17.8. The molecule has 0 aliphatic carbocycles. The molecule has 0 fully saturated rings. The number of thiazole rings is 1. The van der Waals surface area contributed by atoms with Gasteiger partial charge in [-0.1, -0.05) is 12.1 Å². The van der Waals surface area contributed by atoms with Gasteiger partial charge in [0.05, 0.1) is 22.5 Å². The van der Waals surface area contributed by atoms with Gasteiger partial charge < -0.3 is 0 Å². The van der Waals surface area contributed by atoms with Crippen LogP contribution in [0.3, 0.4) is 0 Å². The summed E-state index contributed by atoms with van der Waals surface area (Å²) >= 11 is 1.76. The number of nitrogens with zero attached hydrogens (tertiary/aromatic N) is 3. The molecule has 0 bridgehead atoms. The molecule has 6 heteroatoms. The molecule has 138 valence electrons. The zero-order valence-corrected chi connectivity index (χ0v) is 16.0. The van der Waals surface area contributed by atoms with Gasteiger partial charge in [-0.05, 0) is 68.9 Å². The van der Waals surface area contributed by atoms with Gasteiger partial charge in [-0.25, -0.2) is 9.37 Å². The SMILES string of the molecule is CN(CCCc1cc(-c2ccc(F)cc2)n[nH]1)Cc1nc2ccccc2s1. The fourth-order valence-corrected chi connectivity index (χ4v) is 4.14. The van der Waals surface area contributed by atoms with E-state index in [0.29, 0.717) is 0 Å². The van der Waals surface area contributed by atoms with E-state index in [-0.39, 0.29) is 5.82 Å². The van der Waals surface area contributed by atoms with Crippen LogP contribution in [0.4, 0.5) is 4.39 Å². The zero-order valence-electron chi connectivity index (χ0n) is 15.2. The molecule has 2 aromatic heterocycles. The van der Waals surface area contributed by atoms with Crippen LogP contribution in [0.15, 0.2) is 54.6 Å². The minimum Gasteiger partial charge on any atom is -0.300 e. The number of para-hydroxylation sites is 1. The molecule has 0 radical (unpaired) electrons. The van der Waals surface area contributed by atoms with E-state index < -0.39 is 0 Å². The molecule has 0 aliphatic heterocycles. The highest BCUT2D eigenvalue weighted by Crippen LogP contribution is 2.22. The first-order valence-corrected chi connectivity index (χ1v) is 9.82. The third-order valence-electron chi connectivity index (χ3n) is 4.50. The van der Waals surface area contributed by atoms with Gasteiger partial charge in [-0.3, -0.25) is 10.00 Å². The van der Waals surface area contributed by atoms with Crippen molar-refractivity contribution in [3.8, 4) is 11.3 Å². The van der Waals surface area contributed by atoms with E-state index in [1.165, 1.54) is 16.8 Å². The molecule has 0 aliphatic rings. The van der Waals surface area contributed by atoms with Crippen LogP contribution in [0.2, 0.25) is 0 Å². The lowest BCUT2D eigenvalue weighted by atomic mass is 10.1. The number of H-pyrrole nitrogens is 1. The van der Waals surface area contributed by atoms with Crippen molar-refractivity contribution in [3.05, 3.63) is 71.1 Å². The first-order chi connectivity index (χ1) is 13.2. The lowest BCUT2D eigenvalue weighted by Crippen LogP contribution is -2.19. The average molecular weight is 380 g/mol. The fourth-order valence-electron chi connectivity index (χ4n) is 3.10. The van der Waals surface area contributed by atoms with Crippen LogP contribution in [0, 0.1) is 5.82 Å². The van der Waals surface area contributed by atoms with Crippen LogP contribution >= 0.6 is 11.3 Å². The van der Waals surface area contributed by atoms with Crippen molar-refractivity contribution >= 4 is 21.6 Å². The molecule has 0 saturated heterocycles. The second kappa shape index (κ2) is 7.98. The van der Waals surface area contributed by atoms with Crippen LogP contribution in [0.5, 0.6) is 0 Å². The second-order valence-corrected chi connectivity index (χ2v) is 7.82. The molecule has 1 N–H and O–H groups in total. The predicted octanol–water partition coefficient (Wildman–Crippen LogP) is 4.89. The largest absolute Gasteiger partial charge is 0.300 e. The molecule has 2 heterocycles. The number of hydrogen-bond donors (Lipinski definition) is 1. The highest BCUT2D eigenvalue weighted by molar-refractivity contribution is 7.18. The number of aryl methyl sites for hydroxylation is 1. The summed E-state index contributed by atoms with van der Waals surface area (Å²) in [4.78, 5) is 7.00. The lowest BCUT2D eigenvalue weighted by molar-refractivity contribution is 0.321. The third kappa shape index (κ3) is 4.40. The van der Waals surface area contributed by atoms with Gasteiger partial charge in [0.25, 0.3) is 0 Å². The number of fused-ring (bicyclic) bond motifs is 1. The summed E-state index contributed by atoms with van der Waals surface area (Å²) < 4.78 is 14.3. The first-order valence-electron chi connectivity index (χ1n) is 9.00. The van der Waals surface area contributed by atoms with Crippen molar-refractivity contribution < 1.29 is 4.39 Å². The van der Waals surface area contributed by atoms with Crippen molar-refractivity contribution in [1.82, 2.24) is 20.1 Å². The van der Waals surface area contributed by atoms with Gasteiger partial charge >= 0.3 is 0 Å². The Morgan fingerprint density at radius 3 is 2.74 bits per heavy atom. The van der Waals surface area contributed by atoms with E-state index in [1.54, 1.807) is 23.5 Å². The minimum absolute atomic E-state index is 0.231. The Kier molecular flexibility index (Phi) is 5.27. The van der Waals surface area contributed by atoms with Crippen LogP contribution < -0.4 is 0 Å². The summed E-state index contributed by atoms with van der Waals surface area (Å²) in [6.45, 7) is 1.85. The number of benzene rings is 2. The summed E-state index contributed by atoms with van der Waals surface area (Å²) in [5.41, 5.74) is 3.96. The van der Waals surface area contributed by atoms with Gasteiger partial charge in [0.15, 0.2) is 0 Å². The number of hydrogen-bond acceptors (Lipinski definition) is 4. The predicted molar refractivity (Wildman–Crippen MR) is 108 cm³/mol. The molecule has 4 nitrogen and oxygen atoms in total.